The maximum Gasteiger partial charge on any atom is 0.269 e. The van der Waals surface area contributed by atoms with Gasteiger partial charge in [0, 0.05) is 13.1 Å². The van der Waals surface area contributed by atoms with E-state index in [9.17, 15) is 4.79 Å². The smallest absolute Gasteiger partial charge is 0.269 e. The van der Waals surface area contributed by atoms with Gasteiger partial charge in [0.05, 0.1) is 19.3 Å². The number of carbonyl (C=O) groups excluding carboxylic acids is 1. The van der Waals surface area contributed by atoms with E-state index in [4.69, 9.17) is 9.57 Å². The lowest BCUT2D eigenvalue weighted by molar-refractivity contribution is -0.162. The Labute approximate surface area is 124 Å². The van der Waals surface area contributed by atoms with E-state index >= 15 is 0 Å². The molecule has 4 nitrogen and oxygen atoms in total. The summed E-state index contributed by atoms with van der Waals surface area (Å²) in [5.41, 5.74) is -0.0844. The summed E-state index contributed by atoms with van der Waals surface area (Å²) in [7, 11) is 3.08. The van der Waals surface area contributed by atoms with Crippen molar-refractivity contribution in [2.24, 2.45) is 5.92 Å². The van der Waals surface area contributed by atoms with Crippen LogP contribution in [0.2, 0.25) is 0 Å². The normalized spacial score (nSPS) is 13.7. The van der Waals surface area contributed by atoms with Gasteiger partial charge in [-0.1, -0.05) is 19.4 Å². The molecule has 0 saturated heterocycles. The molecule has 0 radical (unpaired) electrons. The van der Waals surface area contributed by atoms with E-state index in [0.717, 1.165) is 32.3 Å². The van der Waals surface area contributed by atoms with Gasteiger partial charge in [-0.25, -0.2) is 5.06 Å². The number of ether oxygens (including phenoxy) is 1. The van der Waals surface area contributed by atoms with E-state index in [-0.39, 0.29) is 11.5 Å². The molecule has 1 amide bonds. The molecule has 20 heavy (non-hydrogen) atoms. The molecule has 0 aromatic carbocycles. The van der Waals surface area contributed by atoms with Crippen LogP contribution in [0.3, 0.4) is 0 Å². The second-order valence-electron chi connectivity index (χ2n) is 6.08. The van der Waals surface area contributed by atoms with Gasteiger partial charge in [0.2, 0.25) is 0 Å². The van der Waals surface area contributed by atoms with Crippen molar-refractivity contribution in [3.05, 3.63) is 12.2 Å². The van der Waals surface area contributed by atoms with Crippen molar-refractivity contribution >= 4 is 5.91 Å². The topological polar surface area (TPSA) is 38.8 Å². The first-order valence-electron chi connectivity index (χ1n) is 7.42. The van der Waals surface area contributed by atoms with Crippen molar-refractivity contribution < 1.29 is 14.4 Å². The van der Waals surface area contributed by atoms with Crippen LogP contribution in [0, 0.1) is 5.92 Å². The number of hydroxylamine groups is 2. The van der Waals surface area contributed by atoms with E-state index in [1.54, 1.807) is 13.1 Å². The van der Waals surface area contributed by atoms with Crippen LogP contribution in [0.1, 0.15) is 53.4 Å². The highest BCUT2D eigenvalue weighted by Crippen LogP contribution is 2.18. The summed E-state index contributed by atoms with van der Waals surface area (Å²) < 4.78 is 5.86. The average molecular weight is 285 g/mol. The van der Waals surface area contributed by atoms with Crippen molar-refractivity contribution in [1.29, 1.82) is 0 Å². The van der Waals surface area contributed by atoms with Crippen LogP contribution in [-0.4, -0.2) is 37.3 Å². The fraction of sp³-hybridized carbons (Fsp3) is 0.812. The van der Waals surface area contributed by atoms with Gasteiger partial charge in [-0.05, 0) is 46.0 Å². The zero-order chi connectivity index (χ0) is 15.6. The molecule has 4 heteroatoms. The predicted molar refractivity (Wildman–Crippen MR) is 82.3 cm³/mol. The summed E-state index contributed by atoms with van der Waals surface area (Å²) in [5, 5.41) is 1.21. The Morgan fingerprint density at radius 1 is 1.30 bits per heavy atom. The third kappa shape index (κ3) is 9.98. The van der Waals surface area contributed by atoms with Crippen LogP contribution in [0.4, 0.5) is 0 Å². The Balaban J connectivity index is 4.08. The molecule has 118 valence electrons. The number of carbonyl (C=O) groups is 1. The van der Waals surface area contributed by atoms with E-state index < -0.39 is 0 Å². The second kappa shape index (κ2) is 9.94. The van der Waals surface area contributed by atoms with Crippen molar-refractivity contribution in [1.82, 2.24) is 5.06 Å². The fourth-order valence-corrected chi connectivity index (χ4v) is 1.80. The highest BCUT2D eigenvalue weighted by Gasteiger charge is 2.14. The second-order valence-corrected chi connectivity index (χ2v) is 6.08. The molecule has 0 aliphatic heterocycles. The predicted octanol–water partition coefficient (Wildman–Crippen LogP) is 3.57. The molecule has 0 saturated carbocycles. The van der Waals surface area contributed by atoms with Crippen molar-refractivity contribution in [2.75, 3.05) is 20.8 Å². The van der Waals surface area contributed by atoms with E-state index in [0.29, 0.717) is 5.92 Å². The Hall–Kier alpha value is -0.870. The standard InChI is InChI=1S/C16H31NO3/c1-7-10-14(13-20-16(2,3)4)11-8-9-12-15(18)17(5)19-6/h9,12,14H,7-8,10-11,13H2,1-6H3/b12-9+/t14-/m1/s1. The van der Waals surface area contributed by atoms with E-state index in [1.807, 2.05) is 6.08 Å². The van der Waals surface area contributed by atoms with Crippen LogP contribution < -0.4 is 0 Å². The first-order valence-corrected chi connectivity index (χ1v) is 7.42. The summed E-state index contributed by atoms with van der Waals surface area (Å²) in [6.07, 6.45) is 7.74. The van der Waals surface area contributed by atoms with E-state index in [2.05, 4.69) is 27.7 Å². The average Bonchev–Trinajstić information content (AvgIpc) is 2.38. The molecule has 0 N–H and O–H groups in total. The Bertz CT molecular complexity index is 295. The lowest BCUT2D eigenvalue weighted by atomic mass is 9.98. The summed E-state index contributed by atoms with van der Waals surface area (Å²) in [6.45, 7) is 9.22. The number of amides is 1. The number of hydrogen-bond donors (Lipinski definition) is 0. The Kier molecular flexibility index (Phi) is 9.51. The monoisotopic (exact) mass is 285 g/mol. The third-order valence-corrected chi connectivity index (χ3v) is 3.04. The van der Waals surface area contributed by atoms with Crippen molar-refractivity contribution in [3.8, 4) is 0 Å². The number of likely N-dealkylation sites (N-methyl/N-ethyl adjacent to an activating group) is 1. The van der Waals surface area contributed by atoms with Gasteiger partial charge >= 0.3 is 0 Å². The highest BCUT2D eigenvalue weighted by atomic mass is 16.7. The maximum atomic E-state index is 11.5. The van der Waals surface area contributed by atoms with E-state index in [1.165, 1.54) is 12.2 Å². The minimum atomic E-state index is -0.134. The molecular weight excluding hydrogens is 254 g/mol. The number of hydrogen-bond acceptors (Lipinski definition) is 3. The zero-order valence-corrected chi connectivity index (χ0v) is 13.9. The Morgan fingerprint density at radius 2 is 1.95 bits per heavy atom. The van der Waals surface area contributed by atoms with Gasteiger partial charge in [-0.2, -0.15) is 0 Å². The summed E-state index contributed by atoms with van der Waals surface area (Å²) in [6, 6.07) is 0. The van der Waals surface area contributed by atoms with Gasteiger partial charge in [0.15, 0.2) is 0 Å². The lowest BCUT2D eigenvalue weighted by Crippen LogP contribution is -2.24. The maximum absolute atomic E-state index is 11.5. The molecular formula is C16H31NO3. The van der Waals surface area contributed by atoms with Crippen LogP contribution in [0.25, 0.3) is 0 Å². The van der Waals surface area contributed by atoms with Crippen molar-refractivity contribution in [2.45, 2.75) is 59.0 Å². The zero-order valence-electron chi connectivity index (χ0n) is 13.9. The van der Waals surface area contributed by atoms with Gasteiger partial charge in [0.1, 0.15) is 0 Å². The number of nitrogens with zero attached hydrogens (tertiary/aromatic N) is 1. The van der Waals surface area contributed by atoms with Crippen LogP contribution in [0.15, 0.2) is 12.2 Å². The van der Waals surface area contributed by atoms with Crippen molar-refractivity contribution in [3.63, 3.8) is 0 Å². The largest absolute Gasteiger partial charge is 0.376 e. The van der Waals surface area contributed by atoms with Gasteiger partial charge in [0.25, 0.3) is 5.91 Å². The molecule has 0 aliphatic carbocycles. The lowest BCUT2D eigenvalue weighted by Gasteiger charge is -2.24. The third-order valence-electron chi connectivity index (χ3n) is 3.04. The summed E-state index contributed by atoms with van der Waals surface area (Å²) in [5.74, 6) is 0.421. The fourth-order valence-electron chi connectivity index (χ4n) is 1.80. The van der Waals surface area contributed by atoms with Gasteiger partial charge in [-0.3, -0.25) is 9.63 Å². The minimum Gasteiger partial charge on any atom is -0.376 e. The minimum absolute atomic E-state index is 0.0844. The molecule has 0 aliphatic rings. The molecule has 0 rings (SSSR count). The molecule has 1 atom stereocenters. The molecule has 0 fully saturated rings. The van der Waals surface area contributed by atoms with Crippen LogP contribution >= 0.6 is 0 Å². The van der Waals surface area contributed by atoms with Crippen LogP contribution in [-0.2, 0) is 14.4 Å². The molecule has 0 aromatic heterocycles. The summed E-state index contributed by atoms with van der Waals surface area (Å²) >= 11 is 0. The molecule has 0 bridgehead atoms. The molecule has 0 spiro atoms. The molecule has 0 heterocycles. The highest BCUT2D eigenvalue weighted by molar-refractivity contribution is 5.86. The number of rotatable bonds is 9. The SMILES string of the molecule is CCC[C@H](CC/C=C/C(=O)N(C)OC)COC(C)(C)C. The van der Waals surface area contributed by atoms with Crippen LogP contribution in [0.5, 0.6) is 0 Å². The number of allylic oxidation sites excluding steroid dienone is 1. The molecule has 0 unspecified atom stereocenters. The first-order chi connectivity index (χ1) is 9.30. The van der Waals surface area contributed by atoms with Gasteiger partial charge < -0.3 is 4.74 Å². The van der Waals surface area contributed by atoms with Gasteiger partial charge in [-0.15, -0.1) is 0 Å². The summed E-state index contributed by atoms with van der Waals surface area (Å²) in [4.78, 5) is 16.3. The molecule has 0 aromatic rings. The quantitative estimate of drug-likeness (QED) is 0.480. The Morgan fingerprint density at radius 3 is 2.45 bits per heavy atom. The first kappa shape index (κ1) is 19.1.